The molecular weight excluding hydrogens is 610 g/mol. The molecule has 2 fully saturated rings. The van der Waals surface area contributed by atoms with Crippen molar-refractivity contribution < 1.29 is 40.7 Å². The zero-order valence-corrected chi connectivity index (χ0v) is 27.0. The van der Waals surface area contributed by atoms with Gasteiger partial charge >= 0.3 is 12.1 Å². The Balaban J connectivity index is 1.39. The lowest BCUT2D eigenvalue weighted by molar-refractivity contribution is -0.147. The first-order valence-corrected chi connectivity index (χ1v) is 18.1. The Hall–Kier alpha value is -3.49. The first kappa shape index (κ1) is 33.4. The highest BCUT2D eigenvalue weighted by molar-refractivity contribution is 7.91. The van der Waals surface area contributed by atoms with Crippen molar-refractivity contribution in [2.75, 3.05) is 52.3 Å². The number of carbonyl (C=O) groups is 3. The van der Waals surface area contributed by atoms with Crippen molar-refractivity contribution in [1.82, 2.24) is 14.7 Å². The number of carbonyl (C=O) groups excluding carboxylic acids is 3. The van der Waals surface area contributed by atoms with Gasteiger partial charge in [0.05, 0.1) is 35.8 Å². The van der Waals surface area contributed by atoms with Crippen LogP contribution in [0.4, 0.5) is 4.79 Å². The Morgan fingerprint density at radius 3 is 1.89 bits per heavy atom. The monoisotopic (exact) mass is 649 g/mol. The molecule has 3 unspecified atom stereocenters. The number of sulfone groups is 2. The summed E-state index contributed by atoms with van der Waals surface area (Å²) in [5.41, 5.74) is 1.33. The van der Waals surface area contributed by atoms with Gasteiger partial charge in [0.15, 0.2) is 19.7 Å². The SMILES string of the molecule is COC(=O)N1CCN(C(=O)Cc2ccc(S(C)(=O)=O)cc2)C(CN2CC(OC(=O)Cc3ccc(S(C)(=O)=O)cc3)CC2C)C1. The van der Waals surface area contributed by atoms with Gasteiger partial charge in [-0.15, -0.1) is 0 Å². The van der Waals surface area contributed by atoms with Crippen LogP contribution in [0.5, 0.6) is 0 Å². The molecule has 2 heterocycles. The summed E-state index contributed by atoms with van der Waals surface area (Å²) < 4.78 is 57.6. The topological polar surface area (TPSA) is 148 Å². The molecule has 2 aromatic rings. The standard InChI is InChI=1S/C30H39N3O9S2/c1-21-15-25(42-29(35)17-23-7-11-27(12-8-23)44(4,39)40)20-32(21)19-24-18-31(30(36)41-2)13-14-33(24)28(34)16-22-5-9-26(10-6-22)43(3,37)38/h5-12,21,24-25H,13-20H2,1-4H3. The molecular formula is C30H39N3O9S2. The van der Waals surface area contributed by atoms with Crippen LogP contribution in [-0.2, 0) is 51.6 Å². The maximum atomic E-state index is 13.5. The van der Waals surface area contributed by atoms with Gasteiger partial charge in [0.25, 0.3) is 0 Å². The third-order valence-electron chi connectivity index (χ3n) is 8.05. The van der Waals surface area contributed by atoms with Crippen LogP contribution in [0, 0.1) is 0 Å². The van der Waals surface area contributed by atoms with Crippen molar-refractivity contribution in [3.63, 3.8) is 0 Å². The number of piperazine rings is 1. The fourth-order valence-corrected chi connectivity index (χ4v) is 6.93. The fourth-order valence-electron chi connectivity index (χ4n) is 5.67. The lowest BCUT2D eigenvalue weighted by Gasteiger charge is -2.43. The van der Waals surface area contributed by atoms with E-state index in [0.717, 1.165) is 12.5 Å². The maximum absolute atomic E-state index is 13.5. The minimum atomic E-state index is -3.35. The van der Waals surface area contributed by atoms with E-state index in [1.807, 2.05) is 6.92 Å². The van der Waals surface area contributed by atoms with Crippen LogP contribution in [0.25, 0.3) is 0 Å². The Morgan fingerprint density at radius 2 is 1.36 bits per heavy atom. The average Bonchev–Trinajstić information content (AvgIpc) is 3.29. The first-order chi connectivity index (χ1) is 20.6. The number of ether oxygens (including phenoxy) is 2. The smallest absolute Gasteiger partial charge is 0.409 e. The Labute approximate surface area is 258 Å². The minimum Gasteiger partial charge on any atom is -0.461 e. The second-order valence-electron chi connectivity index (χ2n) is 11.5. The van der Waals surface area contributed by atoms with Gasteiger partial charge in [-0.1, -0.05) is 24.3 Å². The molecule has 0 aromatic heterocycles. The molecule has 2 saturated heterocycles. The summed E-state index contributed by atoms with van der Waals surface area (Å²) >= 11 is 0. The third-order valence-corrected chi connectivity index (χ3v) is 10.3. The molecule has 2 aromatic carbocycles. The minimum absolute atomic E-state index is 0.0130. The highest BCUT2D eigenvalue weighted by Crippen LogP contribution is 2.24. The molecule has 2 amide bonds. The van der Waals surface area contributed by atoms with E-state index in [1.165, 1.54) is 31.4 Å². The van der Waals surface area contributed by atoms with Crippen LogP contribution in [-0.4, -0.2) is 120 Å². The van der Waals surface area contributed by atoms with Gasteiger partial charge in [-0.3, -0.25) is 14.5 Å². The highest BCUT2D eigenvalue weighted by atomic mass is 32.2. The molecule has 14 heteroatoms. The summed E-state index contributed by atoms with van der Waals surface area (Å²) in [6.45, 7) is 3.86. The molecule has 0 spiro atoms. The van der Waals surface area contributed by atoms with Crippen molar-refractivity contribution >= 4 is 37.6 Å². The van der Waals surface area contributed by atoms with E-state index in [9.17, 15) is 31.2 Å². The van der Waals surface area contributed by atoms with E-state index in [1.54, 1.807) is 34.1 Å². The number of rotatable bonds is 9. The van der Waals surface area contributed by atoms with Gasteiger partial charge in [-0.05, 0) is 42.3 Å². The van der Waals surface area contributed by atoms with Crippen LogP contribution in [0.2, 0.25) is 0 Å². The number of likely N-dealkylation sites (tertiary alicyclic amines) is 1. The molecule has 2 aliphatic heterocycles. The van der Waals surface area contributed by atoms with Crippen molar-refractivity contribution in [2.24, 2.45) is 0 Å². The highest BCUT2D eigenvalue weighted by Gasteiger charge is 2.38. The normalized spacial score (nSPS) is 21.2. The predicted molar refractivity (Wildman–Crippen MR) is 162 cm³/mol. The third kappa shape index (κ3) is 8.57. The second kappa shape index (κ2) is 13.7. The van der Waals surface area contributed by atoms with E-state index in [2.05, 4.69) is 4.90 Å². The predicted octanol–water partition coefficient (Wildman–Crippen LogP) is 1.56. The summed E-state index contributed by atoms with van der Waals surface area (Å²) in [5.74, 6) is -0.548. The van der Waals surface area contributed by atoms with Gasteiger partial charge in [0, 0.05) is 57.7 Å². The zero-order chi connectivity index (χ0) is 32.2. The molecule has 0 N–H and O–H groups in total. The molecule has 0 aliphatic carbocycles. The van der Waals surface area contributed by atoms with Gasteiger partial charge in [0.1, 0.15) is 6.10 Å². The van der Waals surface area contributed by atoms with E-state index in [4.69, 9.17) is 9.47 Å². The Kier molecular flexibility index (Phi) is 10.4. The van der Waals surface area contributed by atoms with Crippen molar-refractivity contribution in [2.45, 2.75) is 54.2 Å². The van der Waals surface area contributed by atoms with Crippen LogP contribution in [0.1, 0.15) is 24.5 Å². The summed E-state index contributed by atoms with van der Waals surface area (Å²) in [5, 5.41) is 0. The maximum Gasteiger partial charge on any atom is 0.409 e. The van der Waals surface area contributed by atoms with Crippen molar-refractivity contribution in [3.05, 3.63) is 59.7 Å². The lowest BCUT2D eigenvalue weighted by Crippen LogP contribution is -2.60. The van der Waals surface area contributed by atoms with Gasteiger partial charge < -0.3 is 19.3 Å². The van der Waals surface area contributed by atoms with Gasteiger partial charge in [-0.2, -0.15) is 0 Å². The number of esters is 1. The summed E-state index contributed by atoms with van der Waals surface area (Å²) in [6.07, 6.45) is 2.13. The second-order valence-corrected chi connectivity index (χ2v) is 15.5. The Bertz CT molecular complexity index is 1580. The quantitative estimate of drug-likeness (QED) is 0.367. The van der Waals surface area contributed by atoms with E-state index in [-0.39, 0.29) is 53.3 Å². The number of nitrogens with zero attached hydrogens (tertiary/aromatic N) is 3. The molecule has 4 rings (SSSR count). The van der Waals surface area contributed by atoms with E-state index in [0.29, 0.717) is 43.7 Å². The molecule has 0 bridgehead atoms. The van der Waals surface area contributed by atoms with E-state index < -0.39 is 31.7 Å². The molecule has 44 heavy (non-hydrogen) atoms. The largest absolute Gasteiger partial charge is 0.461 e. The zero-order valence-electron chi connectivity index (χ0n) is 25.3. The van der Waals surface area contributed by atoms with Crippen LogP contribution in [0.3, 0.4) is 0 Å². The molecule has 12 nitrogen and oxygen atoms in total. The molecule has 240 valence electrons. The summed E-state index contributed by atoms with van der Waals surface area (Å²) in [4.78, 5) is 44.3. The Morgan fingerprint density at radius 1 is 0.818 bits per heavy atom. The van der Waals surface area contributed by atoms with Crippen LogP contribution in [0.15, 0.2) is 58.3 Å². The van der Waals surface area contributed by atoms with Gasteiger partial charge in [-0.25, -0.2) is 21.6 Å². The molecule has 3 atom stereocenters. The number of hydrogen-bond acceptors (Lipinski definition) is 10. The van der Waals surface area contributed by atoms with Crippen molar-refractivity contribution in [3.8, 4) is 0 Å². The fraction of sp³-hybridized carbons (Fsp3) is 0.500. The number of benzene rings is 2. The molecule has 2 aliphatic rings. The number of hydrogen-bond donors (Lipinski definition) is 0. The summed E-state index contributed by atoms with van der Waals surface area (Å²) in [7, 11) is -5.36. The number of methoxy groups -OCH3 is 1. The van der Waals surface area contributed by atoms with Gasteiger partial charge in [0.2, 0.25) is 5.91 Å². The van der Waals surface area contributed by atoms with Crippen LogP contribution < -0.4 is 0 Å². The first-order valence-electron chi connectivity index (χ1n) is 14.3. The lowest BCUT2D eigenvalue weighted by atomic mass is 10.1. The summed E-state index contributed by atoms with van der Waals surface area (Å²) in [6, 6.07) is 12.1. The van der Waals surface area contributed by atoms with Crippen molar-refractivity contribution in [1.29, 1.82) is 0 Å². The molecule has 0 saturated carbocycles. The average molecular weight is 650 g/mol. The van der Waals surface area contributed by atoms with Crippen LogP contribution >= 0.6 is 0 Å². The molecule has 0 radical (unpaired) electrons. The van der Waals surface area contributed by atoms with E-state index >= 15 is 0 Å². The number of amides is 2.